The Morgan fingerprint density at radius 3 is 2.42 bits per heavy atom. The Hall–Kier alpha value is -2.57. The number of carbonyl (C=O) groups is 1. The van der Waals surface area contributed by atoms with Gasteiger partial charge in [0.15, 0.2) is 11.6 Å². The molecular formula is C12H8F3N3O. The second-order valence-electron chi connectivity index (χ2n) is 3.61. The van der Waals surface area contributed by atoms with Crippen LogP contribution in [-0.2, 0) is 0 Å². The number of halogens is 3. The molecule has 19 heavy (non-hydrogen) atoms. The van der Waals surface area contributed by atoms with Gasteiger partial charge in [-0.2, -0.15) is 0 Å². The van der Waals surface area contributed by atoms with Crippen molar-refractivity contribution in [3.8, 4) is 0 Å². The molecule has 4 nitrogen and oxygen atoms in total. The van der Waals surface area contributed by atoms with Gasteiger partial charge in [-0.15, -0.1) is 0 Å². The molecule has 2 rings (SSSR count). The van der Waals surface area contributed by atoms with E-state index in [2.05, 4.69) is 4.98 Å². The van der Waals surface area contributed by atoms with E-state index in [1.165, 1.54) is 0 Å². The molecule has 1 aromatic carbocycles. The van der Waals surface area contributed by atoms with Crippen LogP contribution in [0.15, 0.2) is 30.5 Å². The summed E-state index contributed by atoms with van der Waals surface area (Å²) in [7, 11) is 0. The van der Waals surface area contributed by atoms with Gasteiger partial charge in [-0.25, -0.2) is 18.2 Å². The first-order valence-electron chi connectivity index (χ1n) is 5.16. The third-order valence-electron chi connectivity index (χ3n) is 2.36. The van der Waals surface area contributed by atoms with Gasteiger partial charge in [-0.1, -0.05) is 6.07 Å². The van der Waals surface area contributed by atoms with Crippen molar-refractivity contribution in [1.82, 2.24) is 4.98 Å². The summed E-state index contributed by atoms with van der Waals surface area (Å²) in [5, 5.41) is 1.95. The monoisotopic (exact) mass is 267 g/mol. The normalized spacial score (nSPS) is 10.3. The Morgan fingerprint density at radius 1 is 1.16 bits per heavy atom. The van der Waals surface area contributed by atoms with Crippen molar-refractivity contribution in [3.63, 3.8) is 0 Å². The van der Waals surface area contributed by atoms with E-state index >= 15 is 0 Å². The van der Waals surface area contributed by atoms with Gasteiger partial charge < -0.3 is 11.1 Å². The van der Waals surface area contributed by atoms with Crippen LogP contribution in [0.3, 0.4) is 0 Å². The van der Waals surface area contributed by atoms with Crippen LogP contribution in [0, 0.1) is 17.5 Å². The van der Waals surface area contributed by atoms with Crippen molar-refractivity contribution in [2.24, 2.45) is 0 Å². The fourth-order valence-corrected chi connectivity index (χ4v) is 1.43. The van der Waals surface area contributed by atoms with Crippen LogP contribution >= 0.6 is 0 Å². The topological polar surface area (TPSA) is 68.0 Å². The molecule has 0 saturated heterocycles. The molecule has 0 unspecified atom stereocenters. The minimum Gasteiger partial charge on any atom is -0.381 e. The first kappa shape index (κ1) is 12.9. The van der Waals surface area contributed by atoms with Gasteiger partial charge in [-0.3, -0.25) is 4.79 Å². The maximum Gasteiger partial charge on any atom is 0.258 e. The summed E-state index contributed by atoms with van der Waals surface area (Å²) in [5.74, 6) is -4.46. The Morgan fingerprint density at radius 2 is 1.79 bits per heavy atom. The van der Waals surface area contributed by atoms with Crippen LogP contribution in [0.25, 0.3) is 0 Å². The lowest BCUT2D eigenvalue weighted by Crippen LogP contribution is -2.17. The third kappa shape index (κ3) is 2.49. The van der Waals surface area contributed by atoms with Crippen molar-refractivity contribution in [2.75, 3.05) is 11.1 Å². The Labute approximate surface area is 106 Å². The minimum atomic E-state index is -1.04. The van der Waals surface area contributed by atoms with Gasteiger partial charge in [0.05, 0.1) is 5.56 Å². The van der Waals surface area contributed by atoms with E-state index in [1.807, 2.05) is 5.32 Å². The summed E-state index contributed by atoms with van der Waals surface area (Å²) in [5.41, 5.74) is 4.10. The molecule has 3 N–H and O–H groups in total. The summed E-state index contributed by atoms with van der Waals surface area (Å²) in [6, 6.07) is 4.14. The number of anilines is 2. The number of nitrogens with one attached hydrogen (secondary N) is 1. The SMILES string of the molecule is Nc1nccc(C(=O)Nc2c(F)cccc2F)c1F. The second-order valence-corrected chi connectivity index (χ2v) is 3.61. The molecule has 7 heteroatoms. The summed E-state index contributed by atoms with van der Waals surface area (Å²) < 4.78 is 40.2. The number of hydrogen-bond acceptors (Lipinski definition) is 3. The predicted molar refractivity (Wildman–Crippen MR) is 62.9 cm³/mol. The number of benzene rings is 1. The van der Waals surface area contributed by atoms with Gasteiger partial charge in [0, 0.05) is 6.20 Å². The summed E-state index contributed by atoms with van der Waals surface area (Å²) in [6.45, 7) is 0. The molecule has 0 radical (unpaired) electrons. The predicted octanol–water partition coefficient (Wildman–Crippen LogP) is 2.33. The van der Waals surface area contributed by atoms with Crippen molar-refractivity contribution < 1.29 is 18.0 Å². The van der Waals surface area contributed by atoms with E-state index in [1.54, 1.807) is 0 Å². The largest absolute Gasteiger partial charge is 0.381 e. The first-order valence-corrected chi connectivity index (χ1v) is 5.16. The van der Waals surface area contributed by atoms with Crippen molar-refractivity contribution in [2.45, 2.75) is 0 Å². The van der Waals surface area contributed by atoms with Crippen LogP contribution in [0.1, 0.15) is 10.4 Å². The lowest BCUT2D eigenvalue weighted by Gasteiger charge is -2.08. The second kappa shape index (κ2) is 4.97. The zero-order valence-electron chi connectivity index (χ0n) is 9.45. The molecule has 0 aliphatic rings. The molecule has 2 aromatic rings. The highest BCUT2D eigenvalue weighted by Gasteiger charge is 2.18. The molecule has 0 bridgehead atoms. The molecule has 1 heterocycles. The summed E-state index contributed by atoms with van der Waals surface area (Å²) in [4.78, 5) is 15.2. The number of nitrogens with two attached hydrogens (primary N) is 1. The van der Waals surface area contributed by atoms with E-state index in [9.17, 15) is 18.0 Å². The fraction of sp³-hybridized carbons (Fsp3) is 0. The number of hydrogen-bond donors (Lipinski definition) is 2. The third-order valence-corrected chi connectivity index (χ3v) is 2.36. The van der Waals surface area contributed by atoms with E-state index < -0.39 is 40.4 Å². The van der Waals surface area contributed by atoms with Gasteiger partial charge in [0.1, 0.15) is 17.3 Å². The number of amides is 1. The molecule has 0 saturated carbocycles. The fourth-order valence-electron chi connectivity index (χ4n) is 1.43. The Kier molecular flexibility index (Phi) is 3.37. The molecule has 0 fully saturated rings. The molecule has 0 aliphatic carbocycles. The lowest BCUT2D eigenvalue weighted by atomic mass is 10.2. The average molecular weight is 267 g/mol. The lowest BCUT2D eigenvalue weighted by molar-refractivity contribution is 0.102. The van der Waals surface area contributed by atoms with Crippen molar-refractivity contribution >= 4 is 17.4 Å². The molecule has 0 spiro atoms. The van der Waals surface area contributed by atoms with Crippen molar-refractivity contribution in [3.05, 3.63) is 53.5 Å². The number of nitrogens with zero attached hydrogens (tertiary/aromatic N) is 1. The standard InChI is InChI=1S/C12H8F3N3O/c13-7-2-1-3-8(14)10(7)18-12(19)6-4-5-17-11(16)9(6)15/h1-5H,(H2,16,17)(H,18,19). The van der Waals surface area contributed by atoms with Crippen LogP contribution < -0.4 is 11.1 Å². The van der Waals surface area contributed by atoms with Gasteiger partial charge in [-0.05, 0) is 18.2 Å². The molecule has 0 aliphatic heterocycles. The smallest absolute Gasteiger partial charge is 0.258 e. The van der Waals surface area contributed by atoms with Crippen LogP contribution in [0.5, 0.6) is 0 Å². The average Bonchev–Trinajstić information content (AvgIpc) is 2.37. The Balaban J connectivity index is 2.34. The number of aromatic nitrogens is 1. The van der Waals surface area contributed by atoms with E-state index in [0.29, 0.717) is 0 Å². The summed E-state index contributed by atoms with van der Waals surface area (Å²) in [6.07, 6.45) is 1.12. The van der Waals surface area contributed by atoms with Gasteiger partial charge >= 0.3 is 0 Å². The van der Waals surface area contributed by atoms with Crippen LogP contribution in [0.4, 0.5) is 24.7 Å². The van der Waals surface area contributed by atoms with Gasteiger partial charge in [0.25, 0.3) is 5.91 Å². The number of nitrogen functional groups attached to an aromatic ring is 1. The quantitative estimate of drug-likeness (QED) is 0.877. The summed E-state index contributed by atoms with van der Waals surface area (Å²) >= 11 is 0. The first-order chi connectivity index (χ1) is 9.00. The molecule has 98 valence electrons. The molecule has 1 aromatic heterocycles. The highest BCUT2D eigenvalue weighted by atomic mass is 19.1. The van der Waals surface area contributed by atoms with E-state index in [-0.39, 0.29) is 0 Å². The molecule has 0 atom stereocenters. The maximum absolute atomic E-state index is 13.5. The van der Waals surface area contributed by atoms with Gasteiger partial charge in [0.2, 0.25) is 0 Å². The van der Waals surface area contributed by atoms with Crippen LogP contribution in [0.2, 0.25) is 0 Å². The number of carbonyl (C=O) groups excluding carboxylic acids is 1. The number of para-hydroxylation sites is 1. The molecule has 1 amide bonds. The maximum atomic E-state index is 13.5. The highest BCUT2D eigenvalue weighted by molar-refractivity contribution is 6.04. The van der Waals surface area contributed by atoms with Crippen molar-refractivity contribution in [1.29, 1.82) is 0 Å². The van der Waals surface area contributed by atoms with E-state index in [0.717, 1.165) is 30.5 Å². The Bertz CT molecular complexity index is 626. The van der Waals surface area contributed by atoms with Crippen LogP contribution in [-0.4, -0.2) is 10.9 Å². The zero-order chi connectivity index (χ0) is 14.0. The highest BCUT2D eigenvalue weighted by Crippen LogP contribution is 2.20. The minimum absolute atomic E-state index is 0.449. The number of pyridine rings is 1. The molecular weight excluding hydrogens is 259 g/mol. The zero-order valence-corrected chi connectivity index (χ0v) is 9.45. The number of rotatable bonds is 2. The van der Waals surface area contributed by atoms with E-state index in [4.69, 9.17) is 5.73 Å².